The van der Waals surface area contributed by atoms with Gasteiger partial charge in [0.15, 0.2) is 5.82 Å². The summed E-state index contributed by atoms with van der Waals surface area (Å²) in [5.41, 5.74) is 11.4. The van der Waals surface area contributed by atoms with Crippen LogP contribution < -0.4 is 16.4 Å². The summed E-state index contributed by atoms with van der Waals surface area (Å²) in [5.74, 6) is 1.25. The van der Waals surface area contributed by atoms with Gasteiger partial charge in [0.05, 0.1) is 5.52 Å². The fourth-order valence-corrected chi connectivity index (χ4v) is 3.53. The summed E-state index contributed by atoms with van der Waals surface area (Å²) >= 11 is 0. The van der Waals surface area contributed by atoms with E-state index in [2.05, 4.69) is 15.6 Å². The smallest absolute Gasteiger partial charge is 0.163 e. The van der Waals surface area contributed by atoms with E-state index in [0.717, 1.165) is 38.9 Å². The third kappa shape index (κ3) is 4.33. The molecular formula is C25H25N7. The van der Waals surface area contributed by atoms with Crippen LogP contribution in [0.3, 0.4) is 0 Å². The topological polar surface area (TPSA) is 113 Å². The zero-order valence-corrected chi connectivity index (χ0v) is 18.0. The minimum absolute atomic E-state index is 0.136. The maximum absolute atomic E-state index is 7.76. The number of pyridine rings is 1. The number of hydrogen-bond donors (Lipinski definition) is 4. The third-order valence-electron chi connectivity index (χ3n) is 5.11. The predicted molar refractivity (Wildman–Crippen MR) is 131 cm³/mol. The lowest BCUT2D eigenvalue weighted by Gasteiger charge is -2.16. The number of benzene rings is 2. The van der Waals surface area contributed by atoms with Gasteiger partial charge in [-0.25, -0.2) is 9.97 Å². The van der Waals surface area contributed by atoms with Gasteiger partial charge in [0.25, 0.3) is 0 Å². The van der Waals surface area contributed by atoms with E-state index in [9.17, 15) is 0 Å². The van der Waals surface area contributed by atoms with Crippen molar-refractivity contribution in [1.29, 1.82) is 5.41 Å². The van der Waals surface area contributed by atoms with Crippen LogP contribution in [0.5, 0.6) is 0 Å². The van der Waals surface area contributed by atoms with E-state index in [1.54, 1.807) is 18.6 Å². The van der Waals surface area contributed by atoms with E-state index in [1.807, 2.05) is 68.6 Å². The Hall–Kier alpha value is -4.10. The van der Waals surface area contributed by atoms with Gasteiger partial charge in [0.2, 0.25) is 0 Å². The highest BCUT2D eigenvalue weighted by Crippen LogP contribution is 2.31. The molecule has 0 aliphatic rings. The van der Waals surface area contributed by atoms with Gasteiger partial charge in [0, 0.05) is 60.1 Å². The molecule has 2 aromatic carbocycles. The molecule has 0 aliphatic heterocycles. The second kappa shape index (κ2) is 9.36. The van der Waals surface area contributed by atoms with E-state index in [-0.39, 0.29) is 6.04 Å². The molecule has 160 valence electrons. The molecule has 5 N–H and O–H groups in total. The number of allylic oxidation sites excluding steroid dienone is 1. The molecule has 0 spiro atoms. The standard InChI is InChI=1S/C25H25N7/c1-16(27)20-7-3-4-8-22(20)31-25-21-12-17(19(13-26)14-28-2)9-10-23(21)30-24(32-25)18-6-5-11-29-15-18/h3-16,26,28H,27H2,1-2H3,(H,30,31,32)/b19-14+,26-13?. The third-order valence-corrected chi connectivity index (χ3v) is 5.11. The fourth-order valence-electron chi connectivity index (χ4n) is 3.53. The van der Waals surface area contributed by atoms with Crippen molar-refractivity contribution in [2.45, 2.75) is 13.0 Å². The van der Waals surface area contributed by atoms with Crippen LogP contribution in [-0.4, -0.2) is 28.2 Å². The van der Waals surface area contributed by atoms with Crippen molar-refractivity contribution in [2.24, 2.45) is 5.73 Å². The van der Waals surface area contributed by atoms with Crippen LogP contribution in [0.25, 0.3) is 27.9 Å². The maximum Gasteiger partial charge on any atom is 0.163 e. The van der Waals surface area contributed by atoms with Crippen molar-refractivity contribution in [2.75, 3.05) is 12.4 Å². The van der Waals surface area contributed by atoms with E-state index in [1.165, 1.54) is 6.21 Å². The minimum Gasteiger partial charge on any atom is -0.393 e. The first kappa shape index (κ1) is 21.1. The number of aromatic nitrogens is 3. The molecule has 0 amide bonds. The van der Waals surface area contributed by atoms with Gasteiger partial charge in [-0.3, -0.25) is 4.98 Å². The Bertz CT molecular complexity index is 1280. The van der Waals surface area contributed by atoms with Gasteiger partial charge in [0.1, 0.15) is 5.82 Å². The number of nitrogens with zero attached hydrogens (tertiary/aromatic N) is 3. The van der Waals surface area contributed by atoms with Crippen LogP contribution in [0.4, 0.5) is 11.5 Å². The number of anilines is 2. The van der Waals surface area contributed by atoms with E-state index >= 15 is 0 Å². The first-order valence-corrected chi connectivity index (χ1v) is 10.3. The average molecular weight is 424 g/mol. The number of nitrogens with one attached hydrogen (secondary N) is 3. The van der Waals surface area contributed by atoms with Gasteiger partial charge in [-0.2, -0.15) is 0 Å². The lowest BCUT2D eigenvalue weighted by atomic mass is 10.0. The first-order chi connectivity index (χ1) is 15.6. The van der Waals surface area contributed by atoms with Crippen molar-refractivity contribution >= 4 is 34.2 Å². The van der Waals surface area contributed by atoms with Crippen LogP contribution in [0.15, 0.2) is 73.2 Å². The zero-order valence-electron chi connectivity index (χ0n) is 18.0. The molecule has 0 saturated carbocycles. The van der Waals surface area contributed by atoms with E-state index in [4.69, 9.17) is 21.1 Å². The Kier molecular flexibility index (Phi) is 6.19. The predicted octanol–water partition coefficient (Wildman–Crippen LogP) is 4.66. The summed E-state index contributed by atoms with van der Waals surface area (Å²) in [6.45, 7) is 1.96. The number of para-hydroxylation sites is 1. The average Bonchev–Trinajstić information content (AvgIpc) is 2.83. The first-order valence-electron chi connectivity index (χ1n) is 10.3. The summed E-state index contributed by atoms with van der Waals surface area (Å²) in [6.07, 6.45) is 6.58. The molecule has 2 aromatic heterocycles. The van der Waals surface area contributed by atoms with Crippen LogP contribution in [-0.2, 0) is 0 Å². The summed E-state index contributed by atoms with van der Waals surface area (Å²) < 4.78 is 0. The summed E-state index contributed by atoms with van der Waals surface area (Å²) in [4.78, 5) is 13.8. The SMILES string of the molecule is CN/C=C(\C=N)c1ccc2nc(-c3cccnc3)nc(Nc3ccccc3C(C)N)c2c1. The Balaban J connectivity index is 1.92. The molecule has 2 heterocycles. The van der Waals surface area contributed by atoms with E-state index < -0.39 is 0 Å². The Morgan fingerprint density at radius 3 is 2.66 bits per heavy atom. The molecule has 1 atom stereocenters. The molecule has 32 heavy (non-hydrogen) atoms. The summed E-state index contributed by atoms with van der Waals surface area (Å²) in [7, 11) is 1.81. The number of hydrogen-bond acceptors (Lipinski definition) is 7. The molecule has 4 rings (SSSR count). The van der Waals surface area contributed by atoms with Crippen LogP contribution >= 0.6 is 0 Å². The van der Waals surface area contributed by atoms with Crippen LogP contribution in [0.1, 0.15) is 24.1 Å². The maximum atomic E-state index is 7.76. The quantitative estimate of drug-likeness (QED) is 0.322. The van der Waals surface area contributed by atoms with Crippen LogP contribution in [0.2, 0.25) is 0 Å². The highest BCUT2D eigenvalue weighted by Gasteiger charge is 2.14. The molecule has 0 bridgehead atoms. The molecule has 0 fully saturated rings. The molecule has 7 nitrogen and oxygen atoms in total. The van der Waals surface area contributed by atoms with Crippen molar-refractivity contribution in [3.8, 4) is 11.4 Å². The largest absolute Gasteiger partial charge is 0.393 e. The minimum atomic E-state index is -0.136. The lowest BCUT2D eigenvalue weighted by molar-refractivity contribution is 0.820. The summed E-state index contributed by atoms with van der Waals surface area (Å²) in [5, 5.41) is 15.1. The van der Waals surface area contributed by atoms with Gasteiger partial charge in [-0.1, -0.05) is 24.3 Å². The number of nitrogens with two attached hydrogens (primary N) is 1. The second-order valence-corrected chi connectivity index (χ2v) is 7.40. The van der Waals surface area contributed by atoms with Gasteiger partial charge in [-0.15, -0.1) is 0 Å². The molecule has 4 aromatic rings. The number of fused-ring (bicyclic) bond motifs is 1. The zero-order chi connectivity index (χ0) is 22.5. The summed E-state index contributed by atoms with van der Waals surface area (Å²) in [6, 6.07) is 17.5. The van der Waals surface area contributed by atoms with E-state index in [0.29, 0.717) is 11.6 Å². The molecule has 0 radical (unpaired) electrons. The normalized spacial score (nSPS) is 12.4. The highest BCUT2D eigenvalue weighted by molar-refractivity contribution is 6.09. The Morgan fingerprint density at radius 2 is 1.94 bits per heavy atom. The van der Waals surface area contributed by atoms with Crippen molar-refractivity contribution in [3.05, 3.63) is 84.3 Å². The Morgan fingerprint density at radius 1 is 1.09 bits per heavy atom. The van der Waals surface area contributed by atoms with Gasteiger partial charge in [-0.05, 0) is 48.4 Å². The molecule has 0 saturated heterocycles. The van der Waals surface area contributed by atoms with Crippen LogP contribution in [0, 0.1) is 5.41 Å². The molecule has 1 unspecified atom stereocenters. The lowest BCUT2D eigenvalue weighted by Crippen LogP contribution is -2.09. The molecular weight excluding hydrogens is 398 g/mol. The highest BCUT2D eigenvalue weighted by atomic mass is 15.0. The van der Waals surface area contributed by atoms with Crippen molar-refractivity contribution < 1.29 is 0 Å². The van der Waals surface area contributed by atoms with Gasteiger partial charge < -0.3 is 21.8 Å². The van der Waals surface area contributed by atoms with Crippen molar-refractivity contribution in [3.63, 3.8) is 0 Å². The van der Waals surface area contributed by atoms with Gasteiger partial charge >= 0.3 is 0 Å². The monoisotopic (exact) mass is 423 g/mol. The molecule has 7 heteroatoms. The second-order valence-electron chi connectivity index (χ2n) is 7.40. The fraction of sp³-hybridized carbons (Fsp3) is 0.120. The molecule has 0 aliphatic carbocycles. The Labute approximate surface area is 187 Å². The number of rotatable bonds is 7. The van der Waals surface area contributed by atoms with Crippen molar-refractivity contribution in [1.82, 2.24) is 20.3 Å².